The van der Waals surface area contributed by atoms with Crippen molar-refractivity contribution >= 4 is 19.8 Å². The lowest BCUT2D eigenvalue weighted by Gasteiger charge is -2.41. The van der Waals surface area contributed by atoms with Gasteiger partial charge in [0, 0.05) is 12.8 Å². The number of allylic oxidation sites excluding steroid dienone is 7. The fourth-order valence-corrected chi connectivity index (χ4v) is 8.10. The molecule has 0 radical (unpaired) electrons. The van der Waals surface area contributed by atoms with E-state index in [2.05, 4.69) is 62.5 Å². The predicted octanol–water partition coefficient (Wildman–Crippen LogP) is 8.16. The second-order valence-corrected chi connectivity index (χ2v) is 18.0. The van der Waals surface area contributed by atoms with Gasteiger partial charge in [0.2, 0.25) is 0 Å². The van der Waals surface area contributed by atoms with Gasteiger partial charge in [-0.05, 0) is 77.0 Å². The Bertz CT molecular complexity index is 1340. The molecule has 1 aliphatic carbocycles. The first-order chi connectivity index (χ1) is 29.9. The van der Waals surface area contributed by atoms with Crippen molar-refractivity contribution in [1.82, 2.24) is 0 Å². The minimum absolute atomic E-state index is 0.0638. The molecule has 14 nitrogen and oxygen atoms in total. The summed E-state index contributed by atoms with van der Waals surface area (Å²) >= 11 is 0. The Balaban J connectivity index is 1.71. The quantitative estimate of drug-likeness (QED) is 0.0114. The van der Waals surface area contributed by atoms with E-state index in [1.54, 1.807) is 0 Å². The highest BCUT2D eigenvalue weighted by molar-refractivity contribution is 7.47. The van der Waals surface area contributed by atoms with Gasteiger partial charge in [0.25, 0.3) is 0 Å². The van der Waals surface area contributed by atoms with E-state index in [0.717, 1.165) is 89.9 Å². The number of epoxide rings is 1. The monoisotopic (exact) mass is 901 g/mol. The van der Waals surface area contributed by atoms with Crippen LogP contribution >= 0.6 is 7.82 Å². The molecule has 10 atom stereocenters. The smallest absolute Gasteiger partial charge is 0.462 e. The second-order valence-electron chi connectivity index (χ2n) is 16.6. The fourth-order valence-electron chi connectivity index (χ4n) is 7.12. The number of aliphatic hydroxyl groups is 5. The Morgan fingerprint density at radius 1 is 0.581 bits per heavy atom. The molecule has 0 aromatic rings. The normalized spacial score (nSPS) is 25.5. The summed E-state index contributed by atoms with van der Waals surface area (Å²) in [6.45, 7) is 3.20. The molecule has 0 aromatic carbocycles. The van der Waals surface area contributed by atoms with Crippen LogP contribution in [-0.2, 0) is 37.4 Å². The van der Waals surface area contributed by atoms with E-state index in [-0.39, 0.29) is 12.8 Å². The molecule has 62 heavy (non-hydrogen) atoms. The number of carbonyl (C=O) groups excluding carboxylic acids is 2. The van der Waals surface area contributed by atoms with E-state index in [0.29, 0.717) is 25.0 Å². The first-order valence-electron chi connectivity index (χ1n) is 23.6. The van der Waals surface area contributed by atoms with Gasteiger partial charge in [-0.15, -0.1) is 0 Å². The topological polar surface area (TPSA) is 222 Å². The molecule has 1 heterocycles. The molecular weight excluding hydrogens is 819 g/mol. The van der Waals surface area contributed by atoms with Crippen LogP contribution in [0, 0.1) is 0 Å². The zero-order chi connectivity index (χ0) is 45.4. The molecule has 15 heteroatoms. The van der Waals surface area contributed by atoms with E-state index in [4.69, 9.17) is 23.3 Å². The Labute approximate surface area is 371 Å². The number of aliphatic hydroxyl groups excluding tert-OH is 5. The van der Waals surface area contributed by atoms with E-state index in [9.17, 15) is 44.6 Å². The molecule has 1 saturated carbocycles. The van der Waals surface area contributed by atoms with Gasteiger partial charge < -0.3 is 44.6 Å². The number of esters is 2. The number of hydrogen-bond acceptors (Lipinski definition) is 13. The van der Waals surface area contributed by atoms with E-state index in [1.807, 2.05) is 0 Å². The molecule has 5 unspecified atom stereocenters. The highest BCUT2D eigenvalue weighted by Gasteiger charge is 2.51. The van der Waals surface area contributed by atoms with Crippen LogP contribution in [0.5, 0.6) is 0 Å². The zero-order valence-corrected chi connectivity index (χ0v) is 38.5. The number of rotatable bonds is 37. The maximum absolute atomic E-state index is 12.8. The lowest BCUT2D eigenvalue weighted by atomic mass is 9.85. The van der Waals surface area contributed by atoms with Gasteiger partial charge in [-0.2, -0.15) is 0 Å². The summed E-state index contributed by atoms with van der Waals surface area (Å²) in [4.78, 5) is 35.7. The van der Waals surface area contributed by atoms with Gasteiger partial charge in [-0.3, -0.25) is 18.6 Å². The van der Waals surface area contributed by atoms with Crippen molar-refractivity contribution in [2.75, 3.05) is 13.2 Å². The van der Waals surface area contributed by atoms with Crippen LogP contribution < -0.4 is 0 Å². The Hall–Kier alpha value is -2.23. The number of ether oxygens (including phenoxy) is 3. The number of phosphoric acid groups is 1. The third-order valence-electron chi connectivity index (χ3n) is 11.1. The SMILES string of the molecule is CCCCC/C=C\C/C=C\C/C=C\CCCCCCC(=O)O[C@H](COC(=O)CCCCCCC/C=C\CC1OC1CCCCC)COP(=O)(O)OC1[C@H](O)[C@H](O)C(O)[C@H](O)[C@H]1O. The number of phosphoric ester groups is 1. The van der Waals surface area contributed by atoms with Crippen molar-refractivity contribution in [3.05, 3.63) is 48.6 Å². The molecule has 1 aliphatic heterocycles. The highest BCUT2D eigenvalue weighted by Crippen LogP contribution is 2.47. The summed E-state index contributed by atoms with van der Waals surface area (Å²) in [6.07, 6.45) is 27.6. The lowest BCUT2D eigenvalue weighted by Crippen LogP contribution is -2.64. The molecule has 2 rings (SSSR count). The first-order valence-corrected chi connectivity index (χ1v) is 25.1. The maximum atomic E-state index is 12.8. The van der Waals surface area contributed by atoms with Gasteiger partial charge >= 0.3 is 19.8 Å². The molecule has 2 aliphatic rings. The zero-order valence-electron chi connectivity index (χ0n) is 37.6. The minimum atomic E-state index is -5.13. The minimum Gasteiger partial charge on any atom is -0.462 e. The van der Waals surface area contributed by atoms with Crippen LogP contribution in [0.2, 0.25) is 0 Å². The van der Waals surface area contributed by atoms with Crippen LogP contribution in [0.25, 0.3) is 0 Å². The van der Waals surface area contributed by atoms with Crippen LogP contribution in [0.4, 0.5) is 0 Å². The third kappa shape index (κ3) is 25.9. The summed E-state index contributed by atoms with van der Waals surface area (Å²) in [5.41, 5.74) is 0. The van der Waals surface area contributed by atoms with Crippen LogP contribution in [0.1, 0.15) is 168 Å². The molecule has 0 spiro atoms. The lowest BCUT2D eigenvalue weighted by molar-refractivity contribution is -0.220. The van der Waals surface area contributed by atoms with Crippen molar-refractivity contribution in [3.8, 4) is 0 Å². The number of hydrogen-bond donors (Lipinski definition) is 6. The third-order valence-corrected chi connectivity index (χ3v) is 12.1. The van der Waals surface area contributed by atoms with Crippen molar-refractivity contribution in [3.63, 3.8) is 0 Å². The average Bonchev–Trinajstić information content (AvgIpc) is 4.01. The maximum Gasteiger partial charge on any atom is 0.472 e. The van der Waals surface area contributed by atoms with E-state index in [1.165, 1.54) is 38.5 Å². The van der Waals surface area contributed by atoms with Crippen molar-refractivity contribution < 1.29 is 67.8 Å². The highest BCUT2D eigenvalue weighted by atomic mass is 31.2. The predicted molar refractivity (Wildman–Crippen MR) is 239 cm³/mol. The Kier molecular flexibility index (Phi) is 30.8. The largest absolute Gasteiger partial charge is 0.472 e. The van der Waals surface area contributed by atoms with Crippen molar-refractivity contribution in [1.29, 1.82) is 0 Å². The Morgan fingerprint density at radius 3 is 1.66 bits per heavy atom. The number of unbranched alkanes of at least 4 members (excludes halogenated alkanes) is 14. The molecule has 358 valence electrons. The standard InChI is InChI=1S/C47H81O14P/c1-3-5-7-8-9-10-11-12-13-14-15-16-17-18-23-26-30-34-41(49)59-37(36-58-62(55,56)61-47-45(53)43(51)42(50)44(52)46(47)54)35-57-40(48)33-29-25-22-20-19-21-24-28-32-39-38(60-39)31-27-6-4-2/h9-10,12-13,15-16,24,28,37-39,42-47,50-54H,3-8,11,14,17-23,25-27,29-36H2,1-2H3,(H,55,56)/b10-9-,13-12-,16-15-,28-24-/t37-,38?,39?,42?,43-,44+,45-,46-,47?/m1/s1. The molecule has 2 fully saturated rings. The van der Waals surface area contributed by atoms with E-state index < -0.39 is 75.7 Å². The van der Waals surface area contributed by atoms with E-state index >= 15 is 0 Å². The van der Waals surface area contributed by atoms with Gasteiger partial charge in [0.1, 0.15) is 43.2 Å². The summed E-state index contributed by atoms with van der Waals surface area (Å²) < 4.78 is 39.3. The Morgan fingerprint density at radius 2 is 1.06 bits per heavy atom. The molecule has 0 amide bonds. The molecule has 6 N–H and O–H groups in total. The van der Waals surface area contributed by atoms with Crippen LogP contribution in [0.15, 0.2) is 48.6 Å². The number of carbonyl (C=O) groups is 2. The average molecular weight is 901 g/mol. The summed E-state index contributed by atoms with van der Waals surface area (Å²) in [5, 5.41) is 50.2. The van der Waals surface area contributed by atoms with Gasteiger partial charge in [-0.25, -0.2) is 4.57 Å². The molecular formula is C47H81O14P. The fraction of sp³-hybridized carbons (Fsp3) is 0.787. The van der Waals surface area contributed by atoms with Crippen molar-refractivity contribution in [2.45, 2.75) is 223 Å². The molecule has 1 saturated heterocycles. The molecule has 0 aromatic heterocycles. The summed E-state index contributed by atoms with van der Waals surface area (Å²) in [7, 11) is -5.13. The summed E-state index contributed by atoms with van der Waals surface area (Å²) in [6, 6.07) is 0. The van der Waals surface area contributed by atoms with Crippen molar-refractivity contribution in [2.24, 2.45) is 0 Å². The van der Waals surface area contributed by atoms with Gasteiger partial charge in [0.05, 0.1) is 18.8 Å². The summed E-state index contributed by atoms with van der Waals surface area (Å²) in [5.74, 6) is -1.15. The van der Waals surface area contributed by atoms with Gasteiger partial charge in [0.15, 0.2) is 6.10 Å². The first kappa shape index (κ1) is 55.9. The molecule has 0 bridgehead atoms. The van der Waals surface area contributed by atoms with Gasteiger partial charge in [-0.1, -0.05) is 127 Å². The second kappa shape index (κ2) is 34.2. The van der Waals surface area contributed by atoms with Crippen LogP contribution in [0.3, 0.4) is 0 Å². The van der Waals surface area contributed by atoms with Crippen LogP contribution in [-0.4, -0.2) is 111 Å².